The Morgan fingerprint density at radius 2 is 2.11 bits per heavy atom. The third-order valence-electron chi connectivity index (χ3n) is 3.84. The van der Waals surface area contributed by atoms with Gasteiger partial charge in [0.1, 0.15) is 0 Å². The molecule has 100 valence electrons. The summed E-state index contributed by atoms with van der Waals surface area (Å²) in [6, 6.07) is 11.4. The molecule has 1 unspecified atom stereocenters. The van der Waals surface area contributed by atoms with Gasteiger partial charge in [0.2, 0.25) is 0 Å². The number of benzene rings is 1. The predicted octanol–water partition coefficient (Wildman–Crippen LogP) is 1.54. The van der Waals surface area contributed by atoms with E-state index in [1.807, 2.05) is 0 Å². The third kappa shape index (κ3) is 3.55. The van der Waals surface area contributed by atoms with E-state index in [9.17, 15) is 0 Å². The zero-order chi connectivity index (χ0) is 12.8. The Kier molecular flexibility index (Phi) is 5.17. The molecular formula is C15H25N3. The van der Waals surface area contributed by atoms with Crippen LogP contribution in [0.2, 0.25) is 0 Å². The second-order valence-corrected chi connectivity index (χ2v) is 5.08. The van der Waals surface area contributed by atoms with E-state index in [0.29, 0.717) is 6.04 Å². The molecule has 1 aromatic carbocycles. The second kappa shape index (κ2) is 6.88. The number of nitrogens with two attached hydrogens (primary N) is 1. The summed E-state index contributed by atoms with van der Waals surface area (Å²) in [5.74, 6) is 0. The van der Waals surface area contributed by atoms with Crippen LogP contribution in [0.15, 0.2) is 30.3 Å². The van der Waals surface area contributed by atoms with Gasteiger partial charge >= 0.3 is 0 Å². The van der Waals surface area contributed by atoms with E-state index in [2.05, 4.69) is 47.1 Å². The van der Waals surface area contributed by atoms with Crippen molar-refractivity contribution >= 4 is 0 Å². The lowest BCUT2D eigenvalue weighted by molar-refractivity contribution is 0.204. The molecule has 0 aromatic heterocycles. The summed E-state index contributed by atoms with van der Waals surface area (Å²) in [6.07, 6.45) is 1.28. The van der Waals surface area contributed by atoms with Crippen LogP contribution < -0.4 is 5.73 Å². The standard InChI is InChI=1S/C15H25N3/c1-2-18(11-9-16)15-8-10-17(13-15)12-14-6-4-3-5-7-14/h3-7,15H,2,8-13,16H2,1H3. The SMILES string of the molecule is CCN(CCN)C1CCN(Cc2ccccc2)C1. The molecule has 0 amide bonds. The van der Waals surface area contributed by atoms with Crippen molar-refractivity contribution in [3.8, 4) is 0 Å². The minimum atomic E-state index is 0.697. The summed E-state index contributed by atoms with van der Waals surface area (Å²) in [7, 11) is 0. The Bertz CT molecular complexity index is 339. The quantitative estimate of drug-likeness (QED) is 0.827. The first-order valence-corrected chi connectivity index (χ1v) is 7.04. The van der Waals surface area contributed by atoms with Gasteiger partial charge in [-0.25, -0.2) is 0 Å². The van der Waals surface area contributed by atoms with Crippen molar-refractivity contribution in [1.29, 1.82) is 0 Å². The molecule has 3 nitrogen and oxygen atoms in total. The molecule has 1 saturated heterocycles. The summed E-state index contributed by atoms with van der Waals surface area (Å²) in [6.45, 7) is 8.61. The first kappa shape index (κ1) is 13.5. The number of likely N-dealkylation sites (N-methyl/N-ethyl adjacent to an activating group) is 1. The first-order chi connectivity index (χ1) is 8.83. The van der Waals surface area contributed by atoms with Crippen LogP contribution in [-0.4, -0.2) is 48.6 Å². The van der Waals surface area contributed by atoms with Crippen molar-refractivity contribution in [3.63, 3.8) is 0 Å². The molecule has 1 atom stereocenters. The highest BCUT2D eigenvalue weighted by Crippen LogP contribution is 2.17. The van der Waals surface area contributed by atoms with E-state index in [0.717, 1.165) is 26.2 Å². The topological polar surface area (TPSA) is 32.5 Å². The van der Waals surface area contributed by atoms with Gasteiger partial charge in [-0.2, -0.15) is 0 Å². The van der Waals surface area contributed by atoms with Crippen LogP contribution >= 0.6 is 0 Å². The van der Waals surface area contributed by atoms with Gasteiger partial charge in [-0.15, -0.1) is 0 Å². The zero-order valence-corrected chi connectivity index (χ0v) is 11.4. The lowest BCUT2D eigenvalue weighted by Gasteiger charge is -2.27. The molecule has 2 N–H and O–H groups in total. The maximum absolute atomic E-state index is 5.68. The molecule has 0 spiro atoms. The van der Waals surface area contributed by atoms with Gasteiger partial charge in [-0.05, 0) is 18.5 Å². The molecular weight excluding hydrogens is 222 g/mol. The van der Waals surface area contributed by atoms with Gasteiger partial charge in [0.15, 0.2) is 0 Å². The first-order valence-electron chi connectivity index (χ1n) is 7.04. The Morgan fingerprint density at radius 3 is 2.78 bits per heavy atom. The summed E-state index contributed by atoms with van der Waals surface area (Å²) < 4.78 is 0. The Morgan fingerprint density at radius 1 is 1.33 bits per heavy atom. The molecule has 0 bridgehead atoms. The molecule has 1 fully saturated rings. The number of hydrogen-bond donors (Lipinski definition) is 1. The summed E-state index contributed by atoms with van der Waals surface area (Å²) in [4.78, 5) is 5.07. The van der Waals surface area contributed by atoms with Crippen molar-refractivity contribution in [2.75, 3.05) is 32.7 Å². The summed E-state index contributed by atoms with van der Waals surface area (Å²) >= 11 is 0. The Balaban J connectivity index is 1.84. The lowest BCUT2D eigenvalue weighted by atomic mass is 10.2. The highest BCUT2D eigenvalue weighted by atomic mass is 15.2. The molecule has 1 aliphatic heterocycles. The Labute approximate surface area is 111 Å². The fourth-order valence-corrected chi connectivity index (χ4v) is 2.86. The van der Waals surface area contributed by atoms with Crippen molar-refractivity contribution in [2.45, 2.75) is 25.9 Å². The van der Waals surface area contributed by atoms with Crippen molar-refractivity contribution in [1.82, 2.24) is 9.80 Å². The maximum atomic E-state index is 5.68. The molecule has 0 saturated carbocycles. The normalized spacial score (nSPS) is 20.7. The van der Waals surface area contributed by atoms with E-state index in [-0.39, 0.29) is 0 Å². The van der Waals surface area contributed by atoms with E-state index in [4.69, 9.17) is 5.73 Å². The van der Waals surface area contributed by atoms with Gasteiger partial charge in [0, 0.05) is 38.8 Å². The molecule has 1 aromatic rings. The van der Waals surface area contributed by atoms with Crippen LogP contribution in [0.3, 0.4) is 0 Å². The second-order valence-electron chi connectivity index (χ2n) is 5.08. The lowest BCUT2D eigenvalue weighted by Crippen LogP contribution is -2.40. The predicted molar refractivity (Wildman–Crippen MR) is 76.4 cm³/mol. The van der Waals surface area contributed by atoms with Gasteiger partial charge in [0.05, 0.1) is 0 Å². The van der Waals surface area contributed by atoms with Crippen molar-refractivity contribution < 1.29 is 0 Å². The average molecular weight is 247 g/mol. The molecule has 3 heteroatoms. The third-order valence-corrected chi connectivity index (χ3v) is 3.84. The smallest absolute Gasteiger partial charge is 0.0235 e. The van der Waals surface area contributed by atoms with E-state index < -0.39 is 0 Å². The highest BCUT2D eigenvalue weighted by Gasteiger charge is 2.26. The number of nitrogens with zero attached hydrogens (tertiary/aromatic N) is 2. The average Bonchev–Trinajstić information content (AvgIpc) is 2.85. The van der Waals surface area contributed by atoms with Crippen LogP contribution in [0.25, 0.3) is 0 Å². The van der Waals surface area contributed by atoms with Crippen LogP contribution in [0.5, 0.6) is 0 Å². The van der Waals surface area contributed by atoms with Crippen LogP contribution in [-0.2, 0) is 6.54 Å². The summed E-state index contributed by atoms with van der Waals surface area (Å²) in [5, 5.41) is 0. The molecule has 1 heterocycles. The molecule has 1 aliphatic rings. The van der Waals surface area contributed by atoms with Crippen LogP contribution in [0.4, 0.5) is 0 Å². The van der Waals surface area contributed by atoms with Gasteiger partial charge < -0.3 is 5.73 Å². The van der Waals surface area contributed by atoms with Crippen LogP contribution in [0.1, 0.15) is 18.9 Å². The van der Waals surface area contributed by atoms with E-state index in [1.165, 1.54) is 25.1 Å². The molecule has 2 rings (SSSR count). The Hall–Kier alpha value is -0.900. The fraction of sp³-hybridized carbons (Fsp3) is 0.600. The summed E-state index contributed by atoms with van der Waals surface area (Å²) in [5.41, 5.74) is 7.09. The number of hydrogen-bond acceptors (Lipinski definition) is 3. The van der Waals surface area contributed by atoms with Gasteiger partial charge in [-0.3, -0.25) is 9.80 Å². The van der Waals surface area contributed by atoms with Crippen molar-refractivity contribution in [3.05, 3.63) is 35.9 Å². The number of likely N-dealkylation sites (tertiary alicyclic amines) is 1. The van der Waals surface area contributed by atoms with Crippen molar-refractivity contribution in [2.24, 2.45) is 5.73 Å². The maximum Gasteiger partial charge on any atom is 0.0235 e. The fourth-order valence-electron chi connectivity index (χ4n) is 2.86. The van der Waals surface area contributed by atoms with E-state index >= 15 is 0 Å². The van der Waals surface area contributed by atoms with E-state index in [1.54, 1.807) is 0 Å². The monoisotopic (exact) mass is 247 g/mol. The van der Waals surface area contributed by atoms with Gasteiger partial charge in [-0.1, -0.05) is 37.3 Å². The zero-order valence-electron chi connectivity index (χ0n) is 11.4. The minimum Gasteiger partial charge on any atom is -0.329 e. The van der Waals surface area contributed by atoms with Gasteiger partial charge in [0.25, 0.3) is 0 Å². The minimum absolute atomic E-state index is 0.697. The molecule has 0 aliphatic carbocycles. The molecule has 0 radical (unpaired) electrons. The number of rotatable bonds is 6. The highest BCUT2D eigenvalue weighted by molar-refractivity contribution is 5.14. The largest absolute Gasteiger partial charge is 0.329 e. The van der Waals surface area contributed by atoms with Crippen LogP contribution in [0, 0.1) is 0 Å². The molecule has 18 heavy (non-hydrogen) atoms.